The Morgan fingerprint density at radius 2 is 2.33 bits per heavy atom. The first kappa shape index (κ1) is 10.7. The first-order valence-corrected chi connectivity index (χ1v) is 5.64. The second-order valence-corrected chi connectivity index (χ2v) is 4.65. The van der Waals surface area contributed by atoms with Gasteiger partial charge in [0.25, 0.3) is 5.91 Å². The van der Waals surface area contributed by atoms with Crippen molar-refractivity contribution in [2.24, 2.45) is 0 Å². The third kappa shape index (κ3) is 2.41. The van der Waals surface area contributed by atoms with E-state index in [2.05, 4.69) is 21.2 Å². The minimum absolute atomic E-state index is 0.254. The normalized spacial score (nSPS) is 18.3. The number of hydrogen-bond donors (Lipinski definition) is 2. The monoisotopic (exact) mass is 273 g/mol. The van der Waals surface area contributed by atoms with Crippen LogP contribution >= 0.6 is 15.9 Å². The quantitative estimate of drug-likeness (QED) is 0.881. The van der Waals surface area contributed by atoms with Crippen LogP contribution in [0.1, 0.15) is 29.8 Å². The van der Waals surface area contributed by atoms with Crippen molar-refractivity contribution in [3.63, 3.8) is 0 Å². The summed E-state index contributed by atoms with van der Waals surface area (Å²) in [4.78, 5) is 11.5. The van der Waals surface area contributed by atoms with Crippen molar-refractivity contribution in [1.29, 1.82) is 0 Å². The average molecular weight is 274 g/mol. The lowest BCUT2D eigenvalue weighted by Gasteiger charge is -2.36. The van der Waals surface area contributed by atoms with Gasteiger partial charge in [0, 0.05) is 6.54 Å². The zero-order valence-corrected chi connectivity index (χ0v) is 9.71. The molecule has 2 rings (SSSR count). The van der Waals surface area contributed by atoms with Crippen LogP contribution in [0, 0.1) is 0 Å². The van der Waals surface area contributed by atoms with Gasteiger partial charge in [-0.2, -0.15) is 0 Å². The summed E-state index contributed by atoms with van der Waals surface area (Å²) in [7, 11) is 0. The third-order valence-electron chi connectivity index (χ3n) is 2.66. The molecule has 0 unspecified atom stereocenters. The highest BCUT2D eigenvalue weighted by molar-refractivity contribution is 9.10. The van der Waals surface area contributed by atoms with Gasteiger partial charge in [-0.05, 0) is 47.3 Å². The summed E-state index contributed by atoms with van der Waals surface area (Å²) in [6, 6.07) is 3.25. The molecule has 0 aliphatic heterocycles. The van der Waals surface area contributed by atoms with Crippen molar-refractivity contribution in [3.8, 4) is 0 Å². The Labute approximate surface area is 95.8 Å². The van der Waals surface area contributed by atoms with E-state index in [1.54, 1.807) is 12.1 Å². The van der Waals surface area contributed by atoms with Gasteiger partial charge in [0.05, 0.1) is 5.60 Å². The number of nitrogens with one attached hydrogen (secondary N) is 1. The molecule has 1 saturated carbocycles. The SMILES string of the molecule is O=C(NCC1(O)CCC1)c1ccc(Br)o1. The van der Waals surface area contributed by atoms with Gasteiger partial charge in [-0.15, -0.1) is 0 Å². The Morgan fingerprint density at radius 1 is 1.60 bits per heavy atom. The lowest BCUT2D eigenvalue weighted by atomic mass is 9.80. The Kier molecular flexibility index (Phi) is 2.84. The predicted molar refractivity (Wildman–Crippen MR) is 57.5 cm³/mol. The molecule has 1 aromatic heterocycles. The molecule has 0 spiro atoms. The van der Waals surface area contributed by atoms with Gasteiger partial charge >= 0.3 is 0 Å². The van der Waals surface area contributed by atoms with Gasteiger partial charge in [0.1, 0.15) is 0 Å². The number of amides is 1. The van der Waals surface area contributed by atoms with E-state index in [0.29, 0.717) is 11.2 Å². The van der Waals surface area contributed by atoms with Crippen molar-refractivity contribution >= 4 is 21.8 Å². The number of carbonyl (C=O) groups excluding carboxylic acids is 1. The van der Waals surface area contributed by atoms with E-state index in [1.807, 2.05) is 0 Å². The molecule has 82 valence electrons. The van der Waals surface area contributed by atoms with E-state index in [0.717, 1.165) is 19.3 Å². The number of rotatable bonds is 3. The van der Waals surface area contributed by atoms with E-state index in [9.17, 15) is 9.90 Å². The van der Waals surface area contributed by atoms with Gasteiger partial charge in [0.15, 0.2) is 10.4 Å². The summed E-state index contributed by atoms with van der Waals surface area (Å²) in [5, 5.41) is 12.4. The summed E-state index contributed by atoms with van der Waals surface area (Å²) in [6.07, 6.45) is 2.54. The largest absolute Gasteiger partial charge is 0.444 e. The summed E-state index contributed by atoms with van der Waals surface area (Å²) in [6.45, 7) is 0.296. The number of furan rings is 1. The molecule has 1 aliphatic rings. The van der Waals surface area contributed by atoms with Crippen LogP contribution in [0.3, 0.4) is 0 Å². The number of halogens is 1. The van der Waals surface area contributed by atoms with Crippen LogP contribution in [0.2, 0.25) is 0 Å². The van der Waals surface area contributed by atoms with Crippen LogP contribution in [0.25, 0.3) is 0 Å². The Balaban J connectivity index is 1.87. The topological polar surface area (TPSA) is 62.5 Å². The van der Waals surface area contributed by atoms with Gasteiger partial charge in [-0.3, -0.25) is 4.79 Å². The van der Waals surface area contributed by atoms with Crippen LogP contribution in [0.15, 0.2) is 21.2 Å². The van der Waals surface area contributed by atoms with Crippen molar-refractivity contribution in [2.45, 2.75) is 24.9 Å². The molecule has 0 bridgehead atoms. The molecule has 0 saturated heterocycles. The molecule has 1 amide bonds. The van der Waals surface area contributed by atoms with Crippen molar-refractivity contribution in [2.75, 3.05) is 6.54 Å². The summed E-state index contributed by atoms with van der Waals surface area (Å²) in [5.74, 6) is -0.0363. The van der Waals surface area contributed by atoms with E-state index < -0.39 is 5.60 Å². The van der Waals surface area contributed by atoms with E-state index in [1.165, 1.54) is 0 Å². The molecule has 15 heavy (non-hydrogen) atoms. The lowest BCUT2D eigenvalue weighted by Crippen LogP contribution is -2.47. The fraction of sp³-hybridized carbons (Fsp3) is 0.500. The Morgan fingerprint density at radius 3 is 2.80 bits per heavy atom. The molecular formula is C10H12BrNO3. The molecule has 0 radical (unpaired) electrons. The number of hydrogen-bond acceptors (Lipinski definition) is 3. The zero-order valence-electron chi connectivity index (χ0n) is 8.12. The maximum Gasteiger partial charge on any atom is 0.287 e. The fourth-order valence-electron chi connectivity index (χ4n) is 1.53. The average Bonchev–Trinajstić information content (AvgIpc) is 2.58. The van der Waals surface area contributed by atoms with Gasteiger partial charge in [-0.25, -0.2) is 0 Å². The molecule has 1 aliphatic carbocycles. The molecule has 0 atom stereocenters. The fourth-order valence-corrected chi connectivity index (χ4v) is 1.84. The van der Waals surface area contributed by atoms with Crippen LogP contribution in [0.5, 0.6) is 0 Å². The van der Waals surface area contributed by atoms with Gasteiger partial charge in [0.2, 0.25) is 0 Å². The molecule has 0 aromatic carbocycles. The van der Waals surface area contributed by atoms with Crippen molar-refractivity contribution < 1.29 is 14.3 Å². The summed E-state index contributed by atoms with van der Waals surface area (Å²) in [5.41, 5.74) is -0.695. The van der Waals surface area contributed by atoms with Crippen LogP contribution < -0.4 is 5.32 Å². The zero-order chi connectivity index (χ0) is 10.9. The summed E-state index contributed by atoms with van der Waals surface area (Å²) < 4.78 is 5.61. The van der Waals surface area contributed by atoms with E-state index in [4.69, 9.17) is 4.42 Å². The molecule has 2 N–H and O–H groups in total. The lowest BCUT2D eigenvalue weighted by molar-refractivity contribution is -0.0302. The molecule has 1 fully saturated rings. The Bertz CT molecular complexity index is 370. The van der Waals surface area contributed by atoms with Crippen LogP contribution in [-0.2, 0) is 0 Å². The number of carbonyl (C=O) groups is 1. The van der Waals surface area contributed by atoms with Crippen LogP contribution in [0.4, 0.5) is 0 Å². The van der Waals surface area contributed by atoms with Crippen LogP contribution in [-0.4, -0.2) is 23.2 Å². The maximum absolute atomic E-state index is 11.5. The minimum Gasteiger partial charge on any atom is -0.444 e. The summed E-state index contributed by atoms with van der Waals surface area (Å²) >= 11 is 3.12. The highest BCUT2D eigenvalue weighted by atomic mass is 79.9. The molecule has 1 aromatic rings. The first-order chi connectivity index (χ1) is 7.09. The van der Waals surface area contributed by atoms with Crippen molar-refractivity contribution in [1.82, 2.24) is 5.32 Å². The van der Waals surface area contributed by atoms with Gasteiger partial charge in [-0.1, -0.05) is 0 Å². The van der Waals surface area contributed by atoms with Gasteiger partial charge < -0.3 is 14.8 Å². The molecular weight excluding hydrogens is 262 g/mol. The van der Waals surface area contributed by atoms with E-state index in [-0.39, 0.29) is 11.7 Å². The first-order valence-electron chi connectivity index (χ1n) is 4.85. The molecule has 4 nitrogen and oxygen atoms in total. The standard InChI is InChI=1S/C10H12BrNO3/c11-8-3-2-7(15-8)9(13)12-6-10(14)4-1-5-10/h2-3,14H,1,4-6H2,(H,12,13). The third-order valence-corrected chi connectivity index (χ3v) is 3.09. The maximum atomic E-state index is 11.5. The smallest absolute Gasteiger partial charge is 0.287 e. The second-order valence-electron chi connectivity index (χ2n) is 3.86. The molecule has 5 heteroatoms. The minimum atomic E-state index is -0.695. The highest BCUT2D eigenvalue weighted by Crippen LogP contribution is 2.30. The predicted octanol–water partition coefficient (Wildman–Crippen LogP) is 1.69. The highest BCUT2D eigenvalue weighted by Gasteiger charge is 2.34. The number of aliphatic hydroxyl groups is 1. The van der Waals surface area contributed by atoms with E-state index >= 15 is 0 Å². The Hall–Kier alpha value is -0.810. The van der Waals surface area contributed by atoms with Crippen molar-refractivity contribution in [3.05, 3.63) is 22.6 Å². The molecule has 1 heterocycles. The second kappa shape index (κ2) is 3.98.